The lowest BCUT2D eigenvalue weighted by molar-refractivity contribution is 0.794. The van der Waals surface area contributed by atoms with Gasteiger partial charge in [-0.2, -0.15) is 0 Å². The van der Waals surface area contributed by atoms with Crippen molar-refractivity contribution in [2.24, 2.45) is 0 Å². The largest absolute Gasteiger partial charge is 0.254 e. The van der Waals surface area contributed by atoms with Crippen LogP contribution in [0, 0.1) is 0 Å². The normalized spacial score (nSPS) is 13.8. The van der Waals surface area contributed by atoms with Crippen molar-refractivity contribution in [3.8, 4) is 33.4 Å². The molecule has 0 N–H and O–H groups in total. The molecule has 0 saturated carbocycles. The van der Waals surface area contributed by atoms with Gasteiger partial charge in [0, 0.05) is 28.7 Å². The first kappa shape index (κ1) is 20.9. The third-order valence-corrected chi connectivity index (χ3v) is 8.75. The molecule has 2 heterocycles. The number of pyridine rings is 2. The number of nitrogens with zero attached hydrogens (tertiary/aromatic N) is 2. The summed E-state index contributed by atoms with van der Waals surface area (Å²) in [4.78, 5) is 9.49. The average Bonchev–Trinajstić information content (AvgIpc) is 3.48. The number of aromatic nitrogens is 2. The van der Waals surface area contributed by atoms with Crippen molar-refractivity contribution < 1.29 is 0 Å². The van der Waals surface area contributed by atoms with Gasteiger partial charge in [-0.05, 0) is 68.3 Å². The zero-order chi connectivity index (χ0) is 25.6. The third-order valence-electron chi connectivity index (χ3n) is 8.75. The summed E-state index contributed by atoms with van der Waals surface area (Å²) in [5.74, 6) is 0. The van der Waals surface area contributed by atoms with E-state index in [-0.39, 0.29) is 5.41 Å². The second kappa shape index (κ2) is 7.49. The first-order chi connectivity index (χ1) is 19.3. The molecule has 0 amide bonds. The van der Waals surface area contributed by atoms with Crippen molar-refractivity contribution in [2.75, 3.05) is 0 Å². The van der Waals surface area contributed by atoms with Gasteiger partial charge in [0.15, 0.2) is 0 Å². The van der Waals surface area contributed by atoms with E-state index in [0.717, 1.165) is 27.4 Å². The Kier molecular flexibility index (Phi) is 4.02. The number of hydrogen-bond acceptors (Lipinski definition) is 2. The molecule has 1 spiro atoms. The van der Waals surface area contributed by atoms with Crippen LogP contribution in [-0.2, 0) is 5.41 Å². The molecule has 5 aromatic carbocycles. The Labute approximate surface area is 226 Å². The Morgan fingerprint density at radius 2 is 1.00 bits per heavy atom. The van der Waals surface area contributed by atoms with E-state index in [0.29, 0.717) is 0 Å². The van der Waals surface area contributed by atoms with E-state index in [1.165, 1.54) is 50.1 Å². The second-order valence-electron chi connectivity index (χ2n) is 10.6. The summed E-state index contributed by atoms with van der Waals surface area (Å²) in [6.45, 7) is 0. The Balaban J connectivity index is 1.30. The fourth-order valence-corrected chi connectivity index (χ4v) is 7.17. The van der Waals surface area contributed by atoms with Gasteiger partial charge >= 0.3 is 0 Å². The van der Waals surface area contributed by atoms with Gasteiger partial charge in [-0.25, -0.2) is 0 Å². The minimum absolute atomic E-state index is 0.302. The van der Waals surface area contributed by atoms with E-state index < -0.39 is 0 Å². The minimum Gasteiger partial charge on any atom is -0.254 e. The maximum Gasteiger partial charge on any atom is 0.0964 e. The highest BCUT2D eigenvalue weighted by atomic mass is 14.7. The summed E-state index contributed by atoms with van der Waals surface area (Å²) < 4.78 is 0. The first-order valence-electron chi connectivity index (χ1n) is 13.4. The standard InChI is InChI=1S/C37H22N2/c1-4-12-31-27(9-1)28-10-2-5-13-32(28)37(31)33-14-6-3-11-29(33)30-21-24(17-18-34(30)37)26-20-25-16-15-23-8-7-19-38-35(23)36(25)39-22-26/h1-22H. The molecule has 180 valence electrons. The van der Waals surface area contributed by atoms with E-state index in [1.807, 2.05) is 18.5 Å². The molecule has 2 aliphatic carbocycles. The van der Waals surface area contributed by atoms with Crippen LogP contribution < -0.4 is 0 Å². The second-order valence-corrected chi connectivity index (χ2v) is 10.6. The summed E-state index contributed by atoms with van der Waals surface area (Å²) in [7, 11) is 0. The highest BCUT2D eigenvalue weighted by Crippen LogP contribution is 2.62. The molecule has 2 aliphatic rings. The molecular formula is C37H22N2. The number of hydrogen-bond donors (Lipinski definition) is 0. The van der Waals surface area contributed by atoms with Crippen molar-refractivity contribution in [3.63, 3.8) is 0 Å². The molecule has 0 fully saturated rings. The fraction of sp³-hybridized carbons (Fsp3) is 0.0270. The lowest BCUT2D eigenvalue weighted by Gasteiger charge is -2.30. The Morgan fingerprint density at radius 3 is 1.72 bits per heavy atom. The summed E-state index contributed by atoms with van der Waals surface area (Å²) in [5.41, 5.74) is 14.6. The molecule has 0 saturated heterocycles. The fourth-order valence-electron chi connectivity index (χ4n) is 7.17. The van der Waals surface area contributed by atoms with Crippen LogP contribution in [0.3, 0.4) is 0 Å². The average molecular weight is 495 g/mol. The summed E-state index contributed by atoms with van der Waals surface area (Å²) in [6.07, 6.45) is 3.83. The van der Waals surface area contributed by atoms with Crippen LogP contribution in [0.1, 0.15) is 22.3 Å². The minimum atomic E-state index is -0.302. The van der Waals surface area contributed by atoms with Crippen molar-refractivity contribution in [2.45, 2.75) is 5.41 Å². The maximum absolute atomic E-state index is 4.89. The Bertz CT molecular complexity index is 2090. The van der Waals surface area contributed by atoms with Gasteiger partial charge in [-0.3, -0.25) is 9.97 Å². The highest BCUT2D eigenvalue weighted by Gasteiger charge is 2.51. The Hall–Kier alpha value is -5.08. The molecule has 0 bridgehead atoms. The summed E-state index contributed by atoms with van der Waals surface area (Å²) >= 11 is 0. The van der Waals surface area contributed by atoms with Gasteiger partial charge in [-0.1, -0.05) is 103 Å². The smallest absolute Gasteiger partial charge is 0.0964 e. The third kappa shape index (κ3) is 2.60. The maximum atomic E-state index is 4.89. The van der Waals surface area contributed by atoms with E-state index in [4.69, 9.17) is 4.98 Å². The van der Waals surface area contributed by atoms with E-state index in [9.17, 15) is 0 Å². The van der Waals surface area contributed by atoms with Gasteiger partial charge < -0.3 is 0 Å². The van der Waals surface area contributed by atoms with Crippen molar-refractivity contribution in [1.82, 2.24) is 9.97 Å². The highest BCUT2D eigenvalue weighted by molar-refractivity contribution is 6.04. The first-order valence-corrected chi connectivity index (χ1v) is 13.4. The quantitative estimate of drug-likeness (QED) is 0.213. The van der Waals surface area contributed by atoms with Crippen molar-refractivity contribution >= 4 is 21.8 Å². The van der Waals surface area contributed by atoms with Crippen LogP contribution >= 0.6 is 0 Å². The molecule has 2 aromatic heterocycles. The molecule has 0 unspecified atom stereocenters. The molecule has 0 atom stereocenters. The van der Waals surface area contributed by atoms with E-state index in [1.54, 1.807) is 0 Å². The van der Waals surface area contributed by atoms with Crippen LogP contribution in [0.15, 0.2) is 134 Å². The van der Waals surface area contributed by atoms with Gasteiger partial charge in [0.1, 0.15) is 0 Å². The summed E-state index contributed by atoms with van der Waals surface area (Å²) in [6, 6.07) is 44.4. The van der Waals surface area contributed by atoms with Gasteiger partial charge in [0.2, 0.25) is 0 Å². The topological polar surface area (TPSA) is 25.8 Å². The lowest BCUT2D eigenvalue weighted by Crippen LogP contribution is -2.25. The van der Waals surface area contributed by atoms with E-state index in [2.05, 4.69) is 120 Å². The zero-order valence-corrected chi connectivity index (χ0v) is 21.1. The van der Waals surface area contributed by atoms with Crippen LogP contribution in [0.2, 0.25) is 0 Å². The number of fused-ring (bicyclic) bond motifs is 13. The van der Waals surface area contributed by atoms with Crippen LogP contribution in [0.4, 0.5) is 0 Å². The molecule has 0 aliphatic heterocycles. The van der Waals surface area contributed by atoms with Gasteiger partial charge in [0.25, 0.3) is 0 Å². The van der Waals surface area contributed by atoms with Crippen molar-refractivity contribution in [1.29, 1.82) is 0 Å². The predicted molar refractivity (Wildman–Crippen MR) is 159 cm³/mol. The van der Waals surface area contributed by atoms with Crippen LogP contribution in [0.25, 0.3) is 55.2 Å². The number of rotatable bonds is 1. The molecule has 9 rings (SSSR count). The van der Waals surface area contributed by atoms with Crippen LogP contribution in [0.5, 0.6) is 0 Å². The Morgan fingerprint density at radius 1 is 0.410 bits per heavy atom. The molecule has 39 heavy (non-hydrogen) atoms. The van der Waals surface area contributed by atoms with Gasteiger partial charge in [0.05, 0.1) is 16.4 Å². The van der Waals surface area contributed by atoms with Gasteiger partial charge in [-0.15, -0.1) is 0 Å². The van der Waals surface area contributed by atoms with Crippen LogP contribution in [-0.4, -0.2) is 9.97 Å². The monoisotopic (exact) mass is 494 g/mol. The number of benzene rings is 5. The van der Waals surface area contributed by atoms with E-state index >= 15 is 0 Å². The summed E-state index contributed by atoms with van der Waals surface area (Å²) in [5, 5.41) is 2.22. The lowest BCUT2D eigenvalue weighted by atomic mass is 9.70. The SMILES string of the molecule is c1ccc2c(c1)-c1ccccc1C21c2ccccc2-c2cc(-c3cnc4c(ccc5cccnc54)c3)ccc21. The molecular weight excluding hydrogens is 472 g/mol. The molecule has 0 radical (unpaired) electrons. The molecule has 2 nitrogen and oxygen atoms in total. The molecule has 2 heteroatoms. The predicted octanol–water partition coefficient (Wildman–Crippen LogP) is 8.79. The van der Waals surface area contributed by atoms with Crippen molar-refractivity contribution in [3.05, 3.63) is 156 Å². The zero-order valence-electron chi connectivity index (χ0n) is 21.1. The molecule has 7 aromatic rings.